The number of hydrogen-bond acceptors (Lipinski definition) is 6. The van der Waals surface area contributed by atoms with Gasteiger partial charge in [-0.3, -0.25) is 14.4 Å². The lowest BCUT2D eigenvalue weighted by Gasteiger charge is -2.14. The summed E-state index contributed by atoms with van der Waals surface area (Å²) in [6.45, 7) is 1.54. The van der Waals surface area contributed by atoms with Crippen LogP contribution in [0.5, 0.6) is 11.5 Å². The van der Waals surface area contributed by atoms with Gasteiger partial charge in [-0.2, -0.15) is 0 Å². The molecule has 0 radical (unpaired) electrons. The maximum absolute atomic E-state index is 12.1. The lowest BCUT2D eigenvalue weighted by molar-refractivity contribution is -0.153. The number of carbonyl (C=O) groups excluding carboxylic acids is 3. The van der Waals surface area contributed by atoms with Gasteiger partial charge >= 0.3 is 5.97 Å². The molecule has 0 spiro atoms. The molecule has 1 atom stereocenters. The number of hydrogen-bond donors (Lipinski definition) is 2. The minimum absolute atomic E-state index is 0.177. The number of carbonyl (C=O) groups is 3. The molecule has 0 aliphatic carbocycles. The molecule has 2 amide bonds. The van der Waals surface area contributed by atoms with Crippen molar-refractivity contribution in [3.63, 3.8) is 0 Å². The highest BCUT2D eigenvalue weighted by Crippen LogP contribution is 2.32. The van der Waals surface area contributed by atoms with Crippen molar-refractivity contribution >= 4 is 33.7 Å². The predicted molar refractivity (Wildman–Crippen MR) is 106 cm³/mol. The summed E-state index contributed by atoms with van der Waals surface area (Å²) in [6, 6.07) is 12.1. The molecule has 2 aromatic carbocycles. The molecule has 1 heterocycles. The number of nitrogens with one attached hydrogen (secondary N) is 2. The van der Waals surface area contributed by atoms with E-state index in [9.17, 15) is 14.4 Å². The number of halogens is 1. The molecule has 1 aliphatic rings. The Morgan fingerprint density at radius 2 is 1.90 bits per heavy atom. The molecule has 9 heteroatoms. The first-order valence-electron chi connectivity index (χ1n) is 8.82. The van der Waals surface area contributed by atoms with Crippen LogP contribution in [0.4, 0.5) is 0 Å². The summed E-state index contributed by atoms with van der Waals surface area (Å²) in [5.41, 5.74) is 1.23. The fraction of sp³-hybridized carbons (Fsp3) is 0.250. The monoisotopic (exact) mass is 462 g/mol. The first-order chi connectivity index (χ1) is 13.9. The highest BCUT2D eigenvalue weighted by molar-refractivity contribution is 9.10. The zero-order chi connectivity index (χ0) is 20.8. The van der Waals surface area contributed by atoms with Crippen molar-refractivity contribution in [3.05, 3.63) is 58.1 Å². The minimum atomic E-state index is -1.00. The lowest BCUT2D eigenvalue weighted by Crippen LogP contribution is -2.38. The summed E-state index contributed by atoms with van der Waals surface area (Å²) in [4.78, 5) is 36.1. The second kappa shape index (κ2) is 9.42. The summed E-state index contributed by atoms with van der Waals surface area (Å²) in [5.74, 6) is -0.290. The molecule has 0 aromatic heterocycles. The van der Waals surface area contributed by atoms with Crippen LogP contribution in [0.15, 0.2) is 46.9 Å². The highest BCUT2D eigenvalue weighted by Gasteiger charge is 2.19. The Morgan fingerprint density at radius 1 is 1.10 bits per heavy atom. The minimum Gasteiger partial charge on any atom is -0.454 e. The zero-order valence-corrected chi connectivity index (χ0v) is 17.2. The van der Waals surface area contributed by atoms with Crippen molar-refractivity contribution in [1.29, 1.82) is 0 Å². The van der Waals surface area contributed by atoms with Gasteiger partial charge in [-0.1, -0.05) is 28.1 Å². The molecule has 0 bridgehead atoms. The van der Waals surface area contributed by atoms with Gasteiger partial charge in [-0.05, 0) is 42.8 Å². The van der Waals surface area contributed by atoms with E-state index >= 15 is 0 Å². The Labute approximate surface area is 175 Å². The summed E-state index contributed by atoms with van der Waals surface area (Å²) < 4.78 is 16.3. The summed E-state index contributed by atoms with van der Waals surface area (Å²) in [7, 11) is 0. The smallest absolute Gasteiger partial charge is 0.326 e. The molecule has 3 rings (SSSR count). The van der Waals surface area contributed by atoms with Crippen molar-refractivity contribution < 1.29 is 28.6 Å². The Kier molecular flexibility index (Phi) is 6.71. The van der Waals surface area contributed by atoms with Crippen LogP contribution in [0.25, 0.3) is 0 Å². The third-order valence-corrected chi connectivity index (χ3v) is 4.55. The average Bonchev–Trinajstić information content (AvgIpc) is 3.18. The molecular formula is C20H19BrN2O6. The van der Waals surface area contributed by atoms with Crippen molar-refractivity contribution in [2.75, 3.05) is 13.3 Å². The topological polar surface area (TPSA) is 103 Å². The van der Waals surface area contributed by atoms with Gasteiger partial charge in [-0.25, -0.2) is 0 Å². The van der Waals surface area contributed by atoms with Crippen molar-refractivity contribution in [2.45, 2.75) is 19.6 Å². The zero-order valence-electron chi connectivity index (χ0n) is 15.6. The molecule has 29 heavy (non-hydrogen) atoms. The molecule has 1 aliphatic heterocycles. The maximum atomic E-state index is 12.1. The van der Waals surface area contributed by atoms with Gasteiger partial charge in [0.1, 0.15) is 6.54 Å². The molecule has 0 fully saturated rings. The van der Waals surface area contributed by atoms with E-state index in [4.69, 9.17) is 14.2 Å². The molecule has 0 saturated heterocycles. The molecular weight excluding hydrogens is 444 g/mol. The van der Waals surface area contributed by atoms with Crippen LogP contribution in [0, 0.1) is 0 Å². The standard InChI is InChI=1S/C20H19BrN2O6/c1-12(19(25)22-9-13-5-6-16-17(7-13)28-11-27-16)29-18(24)10-23-20(26)14-3-2-4-15(21)8-14/h2-8,12H,9-11H2,1H3,(H,22,25)(H,23,26). The van der Waals surface area contributed by atoms with Gasteiger partial charge in [0.15, 0.2) is 17.6 Å². The van der Waals surface area contributed by atoms with E-state index in [0.717, 1.165) is 10.0 Å². The highest BCUT2D eigenvalue weighted by atomic mass is 79.9. The number of amides is 2. The Morgan fingerprint density at radius 3 is 2.69 bits per heavy atom. The summed E-state index contributed by atoms with van der Waals surface area (Å²) in [5, 5.41) is 5.15. The Hall–Kier alpha value is -3.07. The lowest BCUT2D eigenvalue weighted by atomic mass is 10.2. The van der Waals surface area contributed by atoms with Crippen LogP contribution in [-0.2, 0) is 20.9 Å². The molecule has 8 nitrogen and oxygen atoms in total. The summed E-state index contributed by atoms with van der Waals surface area (Å²) >= 11 is 3.28. The largest absolute Gasteiger partial charge is 0.454 e. The first kappa shape index (κ1) is 20.7. The van der Waals surface area contributed by atoms with E-state index < -0.39 is 23.9 Å². The average molecular weight is 463 g/mol. The van der Waals surface area contributed by atoms with Crippen LogP contribution in [0.2, 0.25) is 0 Å². The van der Waals surface area contributed by atoms with Crippen LogP contribution < -0.4 is 20.1 Å². The second-order valence-electron chi connectivity index (χ2n) is 6.23. The van der Waals surface area contributed by atoms with E-state index in [1.165, 1.54) is 6.92 Å². The predicted octanol–water partition coefficient (Wildman–Crippen LogP) is 2.16. The molecule has 2 N–H and O–H groups in total. The molecule has 2 aromatic rings. The van der Waals surface area contributed by atoms with Crippen LogP contribution in [-0.4, -0.2) is 37.2 Å². The van der Waals surface area contributed by atoms with Gasteiger partial charge in [0, 0.05) is 16.6 Å². The van der Waals surface area contributed by atoms with Crippen molar-refractivity contribution in [1.82, 2.24) is 10.6 Å². The van der Waals surface area contributed by atoms with Crippen LogP contribution in [0.1, 0.15) is 22.8 Å². The van der Waals surface area contributed by atoms with Crippen molar-refractivity contribution in [2.24, 2.45) is 0 Å². The van der Waals surface area contributed by atoms with Gasteiger partial charge < -0.3 is 24.8 Å². The molecule has 1 unspecified atom stereocenters. The van der Waals surface area contributed by atoms with Gasteiger partial charge in [0.2, 0.25) is 6.79 Å². The third kappa shape index (κ3) is 5.71. The number of ether oxygens (including phenoxy) is 3. The number of esters is 1. The van der Waals surface area contributed by atoms with E-state index in [-0.39, 0.29) is 19.9 Å². The second-order valence-corrected chi connectivity index (χ2v) is 7.15. The Balaban J connectivity index is 1.41. The number of benzene rings is 2. The van der Waals surface area contributed by atoms with E-state index in [1.54, 1.807) is 36.4 Å². The number of fused-ring (bicyclic) bond motifs is 1. The fourth-order valence-corrected chi connectivity index (χ4v) is 2.96. The third-order valence-electron chi connectivity index (χ3n) is 4.06. The molecule has 0 saturated carbocycles. The maximum Gasteiger partial charge on any atom is 0.326 e. The SMILES string of the molecule is CC(OC(=O)CNC(=O)c1cccc(Br)c1)C(=O)NCc1ccc2c(c1)OCO2. The van der Waals surface area contributed by atoms with Crippen LogP contribution >= 0.6 is 15.9 Å². The van der Waals surface area contributed by atoms with E-state index in [0.29, 0.717) is 17.1 Å². The van der Waals surface area contributed by atoms with E-state index in [1.807, 2.05) is 6.07 Å². The normalized spacial score (nSPS) is 12.8. The van der Waals surface area contributed by atoms with E-state index in [2.05, 4.69) is 26.6 Å². The fourth-order valence-electron chi connectivity index (χ4n) is 2.56. The van der Waals surface area contributed by atoms with Crippen molar-refractivity contribution in [3.8, 4) is 11.5 Å². The van der Waals surface area contributed by atoms with Gasteiger partial charge in [0.05, 0.1) is 0 Å². The summed E-state index contributed by atoms with van der Waals surface area (Å²) in [6.07, 6.45) is -1.00. The van der Waals surface area contributed by atoms with Gasteiger partial charge in [0.25, 0.3) is 11.8 Å². The van der Waals surface area contributed by atoms with Crippen LogP contribution in [0.3, 0.4) is 0 Å². The Bertz CT molecular complexity index is 933. The molecule has 152 valence electrons. The van der Waals surface area contributed by atoms with Gasteiger partial charge in [-0.15, -0.1) is 0 Å². The first-order valence-corrected chi connectivity index (χ1v) is 9.61. The quantitative estimate of drug-likeness (QED) is 0.611. The number of rotatable bonds is 7.